The van der Waals surface area contributed by atoms with Crippen LogP contribution < -0.4 is 10.1 Å². The standard InChI is InChI=1S/C26H33N5O7S2/c1-17(15-35-4)38-30-23(18-5-7-19(8-6-18)40(33,34)20-11-13-36-16-20)24(32)29-26-27-21-9-10-22(28-25(21)39-26)37-14-12-31(2)3/h5-10,17,20H,11-16H2,1-4H3,(H,27,29,32)/b30-23+/t17-,20+/m1/s1. The Labute approximate surface area is 237 Å². The van der Waals surface area contributed by atoms with Crippen molar-refractivity contribution < 1.29 is 32.3 Å². The van der Waals surface area contributed by atoms with E-state index < -0.39 is 27.1 Å². The van der Waals surface area contributed by atoms with Crippen molar-refractivity contribution in [1.82, 2.24) is 14.9 Å². The minimum atomic E-state index is -3.55. The van der Waals surface area contributed by atoms with E-state index in [1.165, 1.54) is 42.7 Å². The highest BCUT2D eigenvalue weighted by molar-refractivity contribution is 7.92. The molecule has 0 aliphatic carbocycles. The Bertz CT molecular complexity index is 1440. The predicted octanol–water partition coefficient (Wildman–Crippen LogP) is 2.59. The number of aromatic nitrogens is 2. The van der Waals surface area contributed by atoms with Crippen LogP contribution in [0.4, 0.5) is 5.13 Å². The monoisotopic (exact) mass is 591 g/mol. The number of thiazole rings is 1. The number of pyridine rings is 1. The lowest BCUT2D eigenvalue weighted by molar-refractivity contribution is -0.110. The molecule has 1 aliphatic rings. The molecule has 0 bridgehead atoms. The summed E-state index contributed by atoms with van der Waals surface area (Å²) in [7, 11) is 1.90. The molecule has 1 saturated heterocycles. The average molecular weight is 592 g/mol. The second-order valence-electron chi connectivity index (χ2n) is 9.46. The van der Waals surface area contributed by atoms with Crippen molar-refractivity contribution >= 4 is 48.3 Å². The number of rotatable bonds is 13. The van der Waals surface area contributed by atoms with Crippen LogP contribution in [0.25, 0.3) is 10.3 Å². The Kier molecular flexibility index (Phi) is 10.0. The van der Waals surface area contributed by atoms with Crippen LogP contribution in [0.5, 0.6) is 5.88 Å². The molecule has 216 valence electrons. The van der Waals surface area contributed by atoms with E-state index in [-0.39, 0.29) is 23.8 Å². The number of fused-ring (bicyclic) bond motifs is 1. The summed E-state index contributed by atoms with van der Waals surface area (Å²) in [4.78, 5) is 30.5. The lowest BCUT2D eigenvalue weighted by Gasteiger charge is -2.12. The highest BCUT2D eigenvalue weighted by Crippen LogP contribution is 2.27. The van der Waals surface area contributed by atoms with Gasteiger partial charge in [0, 0.05) is 31.9 Å². The minimum absolute atomic E-state index is 0.0453. The third-order valence-electron chi connectivity index (χ3n) is 5.96. The molecule has 2 aromatic heterocycles. The number of oxime groups is 1. The third-order valence-corrected chi connectivity index (χ3v) is 9.02. The van der Waals surface area contributed by atoms with Gasteiger partial charge in [0.05, 0.1) is 23.4 Å². The number of benzene rings is 1. The lowest BCUT2D eigenvalue weighted by atomic mass is 10.1. The molecule has 0 saturated carbocycles. The molecule has 1 aliphatic heterocycles. The number of amides is 1. The van der Waals surface area contributed by atoms with Gasteiger partial charge in [-0.3, -0.25) is 10.1 Å². The Morgan fingerprint density at radius 1 is 1.23 bits per heavy atom. The number of carbonyl (C=O) groups excluding carboxylic acids is 1. The van der Waals surface area contributed by atoms with E-state index in [2.05, 4.69) is 20.4 Å². The highest BCUT2D eigenvalue weighted by Gasteiger charge is 2.31. The number of methoxy groups -OCH3 is 1. The van der Waals surface area contributed by atoms with E-state index in [0.29, 0.717) is 46.6 Å². The van der Waals surface area contributed by atoms with Gasteiger partial charge in [0.1, 0.15) is 23.1 Å². The second-order valence-corrected chi connectivity index (χ2v) is 12.7. The second kappa shape index (κ2) is 13.5. The summed E-state index contributed by atoms with van der Waals surface area (Å²) in [5.74, 6) is -0.108. The number of ether oxygens (including phenoxy) is 3. The summed E-state index contributed by atoms with van der Waals surface area (Å²) in [6.07, 6.45) is 0.0258. The molecule has 2 atom stereocenters. The Hall–Kier alpha value is -3.17. The van der Waals surface area contributed by atoms with Crippen LogP contribution in [0.1, 0.15) is 18.9 Å². The van der Waals surface area contributed by atoms with Crippen LogP contribution >= 0.6 is 11.3 Å². The van der Waals surface area contributed by atoms with Gasteiger partial charge in [-0.2, -0.15) is 0 Å². The number of nitrogens with one attached hydrogen (secondary N) is 1. The topological polar surface area (TPSA) is 142 Å². The zero-order chi connectivity index (χ0) is 28.7. The molecular weight excluding hydrogens is 558 g/mol. The minimum Gasteiger partial charge on any atom is -0.476 e. The number of sulfone groups is 1. The summed E-state index contributed by atoms with van der Waals surface area (Å²) >= 11 is 1.19. The average Bonchev–Trinajstić information content (AvgIpc) is 3.59. The number of likely N-dealkylation sites (N-methyl/N-ethyl adjacent to an activating group) is 1. The predicted molar refractivity (Wildman–Crippen MR) is 152 cm³/mol. The first-order valence-corrected chi connectivity index (χ1v) is 15.0. The summed E-state index contributed by atoms with van der Waals surface area (Å²) in [5, 5.41) is 6.58. The highest BCUT2D eigenvalue weighted by atomic mass is 32.2. The Morgan fingerprint density at radius 2 is 2.00 bits per heavy atom. The molecule has 1 fully saturated rings. The van der Waals surface area contributed by atoms with E-state index in [9.17, 15) is 13.2 Å². The number of nitrogens with zero attached hydrogens (tertiary/aromatic N) is 4. The number of hydrogen-bond donors (Lipinski definition) is 1. The smallest absolute Gasteiger partial charge is 0.280 e. The maximum absolute atomic E-state index is 13.4. The SMILES string of the molecule is COC[C@@H](C)O/N=C(/C(=O)Nc1nc2ccc(OCCN(C)C)nc2s1)c1ccc(S(=O)(=O)[C@H]2CCOC2)cc1. The molecule has 0 spiro atoms. The van der Waals surface area contributed by atoms with Crippen molar-refractivity contribution in [3.63, 3.8) is 0 Å². The van der Waals surface area contributed by atoms with E-state index in [1.54, 1.807) is 19.1 Å². The fourth-order valence-electron chi connectivity index (χ4n) is 3.81. The molecule has 3 heterocycles. The van der Waals surface area contributed by atoms with Gasteiger partial charge in [0.25, 0.3) is 5.91 Å². The summed E-state index contributed by atoms with van der Waals surface area (Å²) < 4.78 is 41.9. The molecule has 0 unspecified atom stereocenters. The Morgan fingerprint density at radius 3 is 2.67 bits per heavy atom. The van der Waals surface area contributed by atoms with Crippen LogP contribution in [0, 0.1) is 0 Å². The molecule has 14 heteroatoms. The fourth-order valence-corrected chi connectivity index (χ4v) is 6.22. The molecule has 1 amide bonds. The first kappa shape index (κ1) is 29.8. The molecule has 4 rings (SSSR count). The van der Waals surface area contributed by atoms with E-state index in [0.717, 1.165) is 6.54 Å². The maximum Gasteiger partial charge on any atom is 0.280 e. The zero-order valence-electron chi connectivity index (χ0n) is 22.8. The molecule has 1 aromatic carbocycles. The van der Waals surface area contributed by atoms with Gasteiger partial charge < -0.3 is 23.9 Å². The van der Waals surface area contributed by atoms with Crippen molar-refractivity contribution in [1.29, 1.82) is 0 Å². The first-order valence-electron chi connectivity index (χ1n) is 12.7. The molecule has 1 N–H and O–H groups in total. The van der Waals surface area contributed by atoms with Crippen LogP contribution in [0.3, 0.4) is 0 Å². The summed E-state index contributed by atoms with van der Waals surface area (Å²) in [6.45, 7) is 3.84. The number of anilines is 1. The van der Waals surface area contributed by atoms with Gasteiger partial charge in [-0.25, -0.2) is 18.4 Å². The lowest BCUT2D eigenvalue weighted by Crippen LogP contribution is -2.26. The number of carbonyl (C=O) groups is 1. The van der Waals surface area contributed by atoms with Gasteiger partial charge in [0.15, 0.2) is 20.7 Å². The van der Waals surface area contributed by atoms with Gasteiger partial charge in [-0.1, -0.05) is 28.6 Å². The number of hydrogen-bond acceptors (Lipinski definition) is 12. The van der Waals surface area contributed by atoms with E-state index in [1.807, 2.05) is 19.0 Å². The largest absolute Gasteiger partial charge is 0.476 e. The molecular formula is C26H33N5O7S2. The van der Waals surface area contributed by atoms with Gasteiger partial charge >= 0.3 is 0 Å². The fraction of sp³-hybridized carbons (Fsp3) is 0.462. The van der Waals surface area contributed by atoms with Crippen LogP contribution in [-0.2, 0) is 28.9 Å². The van der Waals surface area contributed by atoms with Gasteiger partial charge in [-0.05, 0) is 45.6 Å². The Balaban J connectivity index is 1.54. The van der Waals surface area contributed by atoms with Crippen LogP contribution in [0.15, 0.2) is 46.4 Å². The normalized spacial score (nSPS) is 16.8. The van der Waals surface area contributed by atoms with Crippen molar-refractivity contribution in [2.45, 2.75) is 29.6 Å². The van der Waals surface area contributed by atoms with Gasteiger partial charge in [0.2, 0.25) is 5.88 Å². The molecule has 0 radical (unpaired) electrons. The summed E-state index contributed by atoms with van der Waals surface area (Å²) in [5.41, 5.74) is 0.935. The van der Waals surface area contributed by atoms with Crippen LogP contribution in [0.2, 0.25) is 0 Å². The molecule has 40 heavy (non-hydrogen) atoms. The molecule has 3 aromatic rings. The van der Waals surface area contributed by atoms with E-state index >= 15 is 0 Å². The summed E-state index contributed by atoms with van der Waals surface area (Å²) in [6, 6.07) is 9.49. The van der Waals surface area contributed by atoms with Crippen molar-refractivity contribution in [3.8, 4) is 5.88 Å². The quantitative estimate of drug-likeness (QED) is 0.233. The van der Waals surface area contributed by atoms with E-state index in [4.69, 9.17) is 19.0 Å². The van der Waals surface area contributed by atoms with Gasteiger partial charge in [-0.15, -0.1) is 0 Å². The maximum atomic E-state index is 13.4. The zero-order valence-corrected chi connectivity index (χ0v) is 24.5. The van der Waals surface area contributed by atoms with Crippen molar-refractivity contribution in [3.05, 3.63) is 42.0 Å². The van der Waals surface area contributed by atoms with Crippen molar-refractivity contribution in [2.75, 3.05) is 59.5 Å². The van der Waals surface area contributed by atoms with Crippen molar-refractivity contribution in [2.24, 2.45) is 5.16 Å². The third kappa shape index (κ3) is 7.52. The first-order chi connectivity index (χ1) is 19.2. The molecule has 12 nitrogen and oxygen atoms in total. The van der Waals surface area contributed by atoms with Crippen LogP contribution in [-0.4, -0.2) is 100 Å².